The van der Waals surface area contributed by atoms with E-state index in [1.807, 2.05) is 6.92 Å². The number of pyridine rings is 1. The van der Waals surface area contributed by atoms with Crippen molar-refractivity contribution in [1.29, 1.82) is 0 Å². The van der Waals surface area contributed by atoms with Crippen molar-refractivity contribution in [2.75, 3.05) is 51.8 Å². The molecule has 0 aromatic carbocycles. The number of carbonyl (C=O) groups is 1. The van der Waals surface area contributed by atoms with Gasteiger partial charge in [0.15, 0.2) is 0 Å². The lowest BCUT2D eigenvalue weighted by atomic mass is 10.2. The summed E-state index contributed by atoms with van der Waals surface area (Å²) in [4.78, 5) is 20.9. The fourth-order valence-corrected chi connectivity index (χ4v) is 2.55. The number of aromatic nitrogens is 1. The third-order valence-corrected chi connectivity index (χ3v) is 4.15. The van der Waals surface area contributed by atoms with Crippen LogP contribution in [0.4, 0.5) is 5.82 Å². The summed E-state index contributed by atoms with van der Waals surface area (Å²) >= 11 is 5.79. The number of hydrogen-bond acceptors (Lipinski definition) is 5. The van der Waals surface area contributed by atoms with Crippen molar-refractivity contribution < 1.29 is 9.53 Å². The Labute approximate surface area is 136 Å². The summed E-state index contributed by atoms with van der Waals surface area (Å²) in [5.41, 5.74) is 0. The summed E-state index contributed by atoms with van der Waals surface area (Å²) in [6, 6.07) is 3.24. The van der Waals surface area contributed by atoms with Crippen molar-refractivity contribution >= 4 is 23.3 Å². The molecule has 0 unspecified atom stereocenters. The van der Waals surface area contributed by atoms with Crippen molar-refractivity contribution in [2.24, 2.45) is 0 Å². The smallest absolute Gasteiger partial charge is 0.242 e. The SMILES string of the molecule is COCCN1CCN([C@@H](C)C(=O)Nc2ccc(Cl)cn2)CC1. The van der Waals surface area contributed by atoms with Crippen LogP contribution in [0.5, 0.6) is 0 Å². The number of ether oxygens (including phenoxy) is 1. The Hall–Kier alpha value is -1.21. The van der Waals surface area contributed by atoms with Crippen LogP contribution in [-0.2, 0) is 9.53 Å². The molecule has 122 valence electrons. The van der Waals surface area contributed by atoms with Gasteiger partial charge in [0.2, 0.25) is 5.91 Å². The molecular weight excluding hydrogens is 304 g/mol. The van der Waals surface area contributed by atoms with E-state index in [-0.39, 0.29) is 11.9 Å². The maximum Gasteiger partial charge on any atom is 0.242 e. The van der Waals surface area contributed by atoms with Crippen LogP contribution >= 0.6 is 11.6 Å². The van der Waals surface area contributed by atoms with Gasteiger partial charge in [-0.2, -0.15) is 0 Å². The summed E-state index contributed by atoms with van der Waals surface area (Å²) in [7, 11) is 1.72. The maximum absolute atomic E-state index is 12.3. The van der Waals surface area contributed by atoms with Gasteiger partial charge in [-0.25, -0.2) is 4.98 Å². The van der Waals surface area contributed by atoms with Crippen LogP contribution in [0.3, 0.4) is 0 Å². The number of amides is 1. The van der Waals surface area contributed by atoms with E-state index < -0.39 is 0 Å². The largest absolute Gasteiger partial charge is 0.383 e. The second-order valence-electron chi connectivity index (χ2n) is 5.40. The lowest BCUT2D eigenvalue weighted by molar-refractivity contribution is -0.121. The lowest BCUT2D eigenvalue weighted by Crippen LogP contribution is -2.53. The van der Waals surface area contributed by atoms with E-state index >= 15 is 0 Å². The molecule has 0 aliphatic carbocycles. The number of methoxy groups -OCH3 is 1. The molecule has 1 aromatic heterocycles. The molecule has 2 heterocycles. The molecule has 0 spiro atoms. The highest BCUT2D eigenvalue weighted by molar-refractivity contribution is 6.30. The standard InChI is InChI=1S/C15H23ClN4O2/c1-12(15(21)18-14-4-3-13(16)11-17-14)20-7-5-19(6-8-20)9-10-22-2/h3-4,11-12H,5-10H2,1-2H3,(H,17,18,21)/t12-/m0/s1. The molecular formula is C15H23ClN4O2. The first kappa shape index (κ1) is 17.1. The van der Waals surface area contributed by atoms with E-state index in [4.69, 9.17) is 16.3 Å². The van der Waals surface area contributed by atoms with E-state index in [9.17, 15) is 4.79 Å². The molecule has 1 fully saturated rings. The minimum absolute atomic E-state index is 0.0415. The molecule has 2 rings (SSSR count). The molecule has 22 heavy (non-hydrogen) atoms. The Bertz CT molecular complexity index is 475. The minimum Gasteiger partial charge on any atom is -0.383 e. The highest BCUT2D eigenvalue weighted by atomic mass is 35.5. The fourth-order valence-electron chi connectivity index (χ4n) is 2.44. The average Bonchev–Trinajstić information content (AvgIpc) is 2.55. The number of rotatable bonds is 6. The predicted octanol–water partition coefficient (Wildman–Crippen LogP) is 1.33. The van der Waals surface area contributed by atoms with Gasteiger partial charge >= 0.3 is 0 Å². The Morgan fingerprint density at radius 2 is 2.14 bits per heavy atom. The molecule has 1 N–H and O–H groups in total. The highest BCUT2D eigenvalue weighted by Crippen LogP contribution is 2.12. The van der Waals surface area contributed by atoms with Crippen LogP contribution < -0.4 is 5.32 Å². The second-order valence-corrected chi connectivity index (χ2v) is 5.83. The first-order valence-electron chi connectivity index (χ1n) is 7.48. The second kappa shape index (κ2) is 8.43. The summed E-state index contributed by atoms with van der Waals surface area (Å²) in [5, 5.41) is 3.38. The van der Waals surface area contributed by atoms with Crippen molar-refractivity contribution in [1.82, 2.24) is 14.8 Å². The Morgan fingerprint density at radius 3 is 2.73 bits per heavy atom. The number of piperazine rings is 1. The van der Waals surface area contributed by atoms with Crippen LogP contribution in [0, 0.1) is 0 Å². The minimum atomic E-state index is -0.179. The maximum atomic E-state index is 12.3. The van der Waals surface area contributed by atoms with Gasteiger partial charge in [-0.05, 0) is 19.1 Å². The van der Waals surface area contributed by atoms with Crippen LogP contribution in [-0.4, -0.2) is 73.2 Å². The summed E-state index contributed by atoms with van der Waals surface area (Å²) in [6.45, 7) is 7.30. The van der Waals surface area contributed by atoms with Gasteiger partial charge in [0, 0.05) is 46.0 Å². The molecule has 1 atom stereocenters. The van der Waals surface area contributed by atoms with E-state index in [1.165, 1.54) is 6.20 Å². The highest BCUT2D eigenvalue weighted by Gasteiger charge is 2.25. The van der Waals surface area contributed by atoms with Crippen molar-refractivity contribution in [2.45, 2.75) is 13.0 Å². The molecule has 1 aliphatic heterocycles. The van der Waals surface area contributed by atoms with Gasteiger partial charge in [0.1, 0.15) is 5.82 Å². The molecule has 1 aromatic rings. The third kappa shape index (κ3) is 4.91. The predicted molar refractivity (Wildman–Crippen MR) is 87.2 cm³/mol. The van der Waals surface area contributed by atoms with Gasteiger partial charge in [-0.15, -0.1) is 0 Å². The topological polar surface area (TPSA) is 57.7 Å². The van der Waals surface area contributed by atoms with Gasteiger partial charge in [0.05, 0.1) is 17.7 Å². The lowest BCUT2D eigenvalue weighted by Gasteiger charge is -2.37. The fraction of sp³-hybridized carbons (Fsp3) is 0.600. The van der Waals surface area contributed by atoms with E-state index in [0.717, 1.165) is 39.3 Å². The number of nitrogens with zero attached hydrogens (tertiary/aromatic N) is 3. The average molecular weight is 327 g/mol. The number of nitrogens with one attached hydrogen (secondary N) is 1. The summed E-state index contributed by atoms with van der Waals surface area (Å²) in [6.07, 6.45) is 1.52. The molecule has 1 amide bonds. The molecule has 1 saturated heterocycles. The zero-order valence-electron chi connectivity index (χ0n) is 13.1. The molecule has 0 bridgehead atoms. The van der Waals surface area contributed by atoms with Crippen molar-refractivity contribution in [3.8, 4) is 0 Å². The third-order valence-electron chi connectivity index (χ3n) is 3.92. The van der Waals surface area contributed by atoms with Gasteiger partial charge in [0.25, 0.3) is 0 Å². The molecule has 6 nitrogen and oxygen atoms in total. The zero-order valence-corrected chi connectivity index (χ0v) is 13.8. The van der Waals surface area contributed by atoms with Crippen molar-refractivity contribution in [3.05, 3.63) is 23.4 Å². The summed E-state index contributed by atoms with van der Waals surface area (Å²) < 4.78 is 5.10. The van der Waals surface area contributed by atoms with Crippen LogP contribution in [0.2, 0.25) is 5.02 Å². The van der Waals surface area contributed by atoms with Gasteiger partial charge in [-0.3, -0.25) is 14.6 Å². The number of hydrogen-bond donors (Lipinski definition) is 1. The van der Waals surface area contributed by atoms with Gasteiger partial charge in [-0.1, -0.05) is 11.6 Å². The molecule has 0 saturated carbocycles. The zero-order chi connectivity index (χ0) is 15.9. The van der Waals surface area contributed by atoms with Crippen LogP contribution in [0.15, 0.2) is 18.3 Å². The van der Waals surface area contributed by atoms with Crippen LogP contribution in [0.1, 0.15) is 6.92 Å². The normalized spacial score (nSPS) is 18.1. The first-order valence-corrected chi connectivity index (χ1v) is 7.85. The van der Waals surface area contributed by atoms with Gasteiger partial charge < -0.3 is 10.1 Å². The summed E-state index contributed by atoms with van der Waals surface area (Å²) in [5.74, 6) is 0.486. The molecule has 1 aliphatic rings. The van der Waals surface area contributed by atoms with E-state index in [0.29, 0.717) is 10.8 Å². The molecule has 7 heteroatoms. The Kier molecular flexibility index (Phi) is 6.57. The monoisotopic (exact) mass is 326 g/mol. The Balaban J connectivity index is 1.80. The van der Waals surface area contributed by atoms with Crippen molar-refractivity contribution in [3.63, 3.8) is 0 Å². The molecule has 0 radical (unpaired) electrons. The van der Waals surface area contributed by atoms with E-state index in [2.05, 4.69) is 20.1 Å². The number of carbonyl (C=O) groups excluding carboxylic acids is 1. The quantitative estimate of drug-likeness (QED) is 0.854. The van der Waals surface area contributed by atoms with E-state index in [1.54, 1.807) is 19.2 Å². The number of anilines is 1. The number of halogens is 1. The van der Waals surface area contributed by atoms with Crippen LogP contribution in [0.25, 0.3) is 0 Å². The first-order chi connectivity index (χ1) is 10.6. The Morgan fingerprint density at radius 1 is 1.41 bits per heavy atom.